The summed E-state index contributed by atoms with van der Waals surface area (Å²) in [6, 6.07) is 12.1. The Balaban J connectivity index is 1.42. The minimum Gasteiger partial charge on any atom is -0.494 e. The molecule has 0 unspecified atom stereocenters. The molecule has 1 saturated heterocycles. The highest BCUT2D eigenvalue weighted by Gasteiger charge is 2.33. The molecule has 0 aliphatic carbocycles. The fraction of sp³-hybridized carbons (Fsp3) is 0.714. The zero-order valence-electron chi connectivity index (χ0n) is 35.8. The van der Waals surface area contributed by atoms with Crippen LogP contribution in [-0.4, -0.2) is 57.8 Å². The van der Waals surface area contributed by atoms with Crippen molar-refractivity contribution in [2.24, 2.45) is 5.41 Å². The first-order valence-electron chi connectivity index (χ1n) is 22.8. The maximum atomic E-state index is 13.4. The van der Waals surface area contributed by atoms with Gasteiger partial charge in [0.1, 0.15) is 5.75 Å². The highest BCUT2D eigenvalue weighted by molar-refractivity contribution is 6.49. The van der Waals surface area contributed by atoms with Crippen LogP contribution in [-0.2, 0) is 9.47 Å². The number of ketones is 2. The molecule has 1 fully saturated rings. The molecule has 0 spiro atoms. The van der Waals surface area contributed by atoms with Crippen molar-refractivity contribution < 1.29 is 33.3 Å². The van der Waals surface area contributed by atoms with Gasteiger partial charge >= 0.3 is 0 Å². The Morgan fingerprint density at radius 3 is 1.39 bits per heavy atom. The minimum atomic E-state index is -0.553. The molecule has 316 valence electrons. The van der Waals surface area contributed by atoms with Crippen LogP contribution in [0.15, 0.2) is 42.5 Å². The number of hydrogen-bond acceptors (Lipinski definition) is 7. The number of rotatable bonds is 37. The molecule has 7 heteroatoms. The van der Waals surface area contributed by atoms with Crippen molar-refractivity contribution in [3.8, 4) is 17.2 Å². The molecule has 3 rings (SSSR count). The molecule has 2 aromatic rings. The zero-order chi connectivity index (χ0) is 39.9. The van der Waals surface area contributed by atoms with Crippen LogP contribution in [0.2, 0.25) is 0 Å². The summed E-state index contributed by atoms with van der Waals surface area (Å²) in [7, 11) is 0. The summed E-state index contributed by atoms with van der Waals surface area (Å²) in [5, 5.41) is 0. The van der Waals surface area contributed by atoms with E-state index in [4.69, 9.17) is 23.7 Å². The Hall–Kier alpha value is -2.90. The molecule has 7 nitrogen and oxygen atoms in total. The van der Waals surface area contributed by atoms with Gasteiger partial charge in [-0.2, -0.15) is 0 Å². The second-order valence-electron chi connectivity index (χ2n) is 16.5. The average molecular weight is 779 g/mol. The third-order valence-corrected chi connectivity index (χ3v) is 10.8. The average Bonchev–Trinajstić information content (AvgIpc) is 3.20. The van der Waals surface area contributed by atoms with E-state index in [2.05, 4.69) is 20.8 Å². The summed E-state index contributed by atoms with van der Waals surface area (Å²) >= 11 is 0. The monoisotopic (exact) mass is 779 g/mol. The van der Waals surface area contributed by atoms with Crippen LogP contribution in [0, 0.1) is 5.41 Å². The van der Waals surface area contributed by atoms with E-state index in [0.717, 1.165) is 77.8 Å². The summed E-state index contributed by atoms with van der Waals surface area (Å²) in [5.41, 5.74) is 0.869. The number of ether oxygens (including phenoxy) is 5. The van der Waals surface area contributed by atoms with E-state index < -0.39 is 11.6 Å². The molecule has 1 heterocycles. The normalized spacial score (nSPS) is 13.3. The first-order valence-corrected chi connectivity index (χ1v) is 22.8. The van der Waals surface area contributed by atoms with Gasteiger partial charge in [-0.15, -0.1) is 0 Å². The number of carbonyl (C=O) groups is 2. The largest absolute Gasteiger partial charge is 0.494 e. The number of carbonyl (C=O) groups excluding carboxylic acids is 2. The summed E-state index contributed by atoms with van der Waals surface area (Å²) < 4.78 is 29.4. The molecule has 1 aliphatic rings. The fourth-order valence-corrected chi connectivity index (χ4v) is 7.09. The third-order valence-electron chi connectivity index (χ3n) is 10.8. The van der Waals surface area contributed by atoms with Crippen molar-refractivity contribution >= 4 is 11.6 Å². The van der Waals surface area contributed by atoms with Gasteiger partial charge in [0.15, 0.2) is 11.5 Å². The van der Waals surface area contributed by atoms with Gasteiger partial charge in [0.05, 0.1) is 39.6 Å². The van der Waals surface area contributed by atoms with E-state index in [-0.39, 0.29) is 5.41 Å². The first kappa shape index (κ1) is 47.5. The molecular formula is C49H78O7. The molecule has 1 aliphatic heterocycles. The summed E-state index contributed by atoms with van der Waals surface area (Å²) in [4.78, 5) is 26.7. The van der Waals surface area contributed by atoms with E-state index >= 15 is 0 Å². The van der Waals surface area contributed by atoms with Crippen LogP contribution in [0.4, 0.5) is 0 Å². The molecule has 0 saturated carbocycles. The zero-order valence-corrected chi connectivity index (χ0v) is 35.8. The Morgan fingerprint density at radius 1 is 0.500 bits per heavy atom. The van der Waals surface area contributed by atoms with Crippen LogP contribution in [0.5, 0.6) is 17.2 Å². The first-order chi connectivity index (χ1) is 27.5. The van der Waals surface area contributed by atoms with E-state index in [9.17, 15) is 9.59 Å². The van der Waals surface area contributed by atoms with E-state index in [0.29, 0.717) is 48.2 Å². The second kappa shape index (κ2) is 30.2. The van der Waals surface area contributed by atoms with E-state index in [1.807, 2.05) is 0 Å². The lowest BCUT2D eigenvalue weighted by atomic mass is 9.90. The van der Waals surface area contributed by atoms with E-state index in [1.165, 1.54) is 103 Å². The lowest BCUT2D eigenvalue weighted by molar-refractivity contribution is -0.137. The fourth-order valence-electron chi connectivity index (χ4n) is 7.09. The van der Waals surface area contributed by atoms with Gasteiger partial charge in [-0.1, -0.05) is 143 Å². The van der Waals surface area contributed by atoms with Crippen molar-refractivity contribution in [2.45, 2.75) is 175 Å². The van der Waals surface area contributed by atoms with Crippen LogP contribution in [0.25, 0.3) is 0 Å². The highest BCUT2D eigenvalue weighted by Crippen LogP contribution is 2.30. The van der Waals surface area contributed by atoms with Crippen LogP contribution in [0.3, 0.4) is 0 Å². The molecular weight excluding hydrogens is 701 g/mol. The topological polar surface area (TPSA) is 80.3 Å². The molecule has 0 aromatic heterocycles. The van der Waals surface area contributed by atoms with Gasteiger partial charge in [0.25, 0.3) is 0 Å². The lowest BCUT2D eigenvalue weighted by Crippen LogP contribution is -2.43. The van der Waals surface area contributed by atoms with Gasteiger partial charge in [-0.05, 0) is 74.6 Å². The molecule has 2 aromatic carbocycles. The second-order valence-corrected chi connectivity index (χ2v) is 16.5. The summed E-state index contributed by atoms with van der Waals surface area (Å²) in [6.07, 6.45) is 29.4. The van der Waals surface area contributed by atoms with Gasteiger partial charge < -0.3 is 23.7 Å². The summed E-state index contributed by atoms with van der Waals surface area (Å²) in [6.45, 7) is 11.7. The van der Waals surface area contributed by atoms with Gasteiger partial charge in [0.2, 0.25) is 11.6 Å². The van der Waals surface area contributed by atoms with Gasteiger partial charge in [-0.25, -0.2) is 0 Å². The number of benzene rings is 2. The highest BCUT2D eigenvalue weighted by atomic mass is 16.5. The van der Waals surface area contributed by atoms with Crippen molar-refractivity contribution in [2.75, 3.05) is 46.2 Å². The maximum absolute atomic E-state index is 13.4. The van der Waals surface area contributed by atoms with Crippen molar-refractivity contribution in [1.29, 1.82) is 0 Å². The maximum Gasteiger partial charge on any atom is 0.233 e. The third kappa shape index (κ3) is 20.5. The van der Waals surface area contributed by atoms with Crippen LogP contribution >= 0.6 is 0 Å². The van der Waals surface area contributed by atoms with Crippen molar-refractivity contribution in [1.82, 2.24) is 0 Å². The molecule has 0 radical (unpaired) electrons. The smallest absolute Gasteiger partial charge is 0.233 e. The molecule has 0 bridgehead atoms. The molecule has 0 amide bonds. The van der Waals surface area contributed by atoms with Gasteiger partial charge in [-0.3, -0.25) is 9.59 Å². The summed E-state index contributed by atoms with van der Waals surface area (Å²) in [5.74, 6) is 0.779. The van der Waals surface area contributed by atoms with E-state index in [1.54, 1.807) is 42.5 Å². The molecule has 0 N–H and O–H groups in total. The SMILES string of the molecule is CCCCCCCCCCCCOc1ccc(C(=O)C(=O)c2ccc(OCCCCCCOCC3(C)COC3)cc2)cc1OCCCCCCCCCCCC. The minimum absolute atomic E-state index is 0.206. The lowest BCUT2D eigenvalue weighted by Gasteiger charge is -2.37. The Labute approximate surface area is 341 Å². The number of hydrogen-bond donors (Lipinski definition) is 0. The van der Waals surface area contributed by atoms with Crippen LogP contribution < -0.4 is 14.2 Å². The number of Topliss-reactive ketones (excluding diaryl/α,β-unsaturated/α-hetero) is 2. The Bertz CT molecular complexity index is 1300. The predicted molar refractivity (Wildman–Crippen MR) is 230 cm³/mol. The molecule has 56 heavy (non-hydrogen) atoms. The Morgan fingerprint density at radius 2 is 0.911 bits per heavy atom. The Kier molecular flexibility index (Phi) is 25.6. The van der Waals surface area contributed by atoms with Crippen molar-refractivity contribution in [3.05, 3.63) is 53.6 Å². The predicted octanol–water partition coefficient (Wildman–Crippen LogP) is 13.3. The quantitative estimate of drug-likeness (QED) is 0.0384. The standard InChI is InChI=1S/C49H78O7/c1-4-6-8-10-12-14-16-18-20-26-36-55-45-33-30-43(38-46(45)56-37-27-21-19-17-15-13-11-9-7-5-2)48(51)47(50)42-28-31-44(32-29-42)54-35-25-23-22-24-34-52-39-49(3)40-53-41-49/h28-33,38H,4-27,34-37,39-41H2,1-3H3. The number of unbranched alkanes of at least 4 members (excludes halogenated alkanes) is 21. The van der Waals surface area contributed by atoms with Crippen molar-refractivity contribution in [3.63, 3.8) is 0 Å². The van der Waals surface area contributed by atoms with Crippen LogP contribution in [0.1, 0.15) is 196 Å². The molecule has 0 atom stereocenters. The van der Waals surface area contributed by atoms with Gasteiger partial charge in [0, 0.05) is 23.1 Å².